The third-order valence-electron chi connectivity index (χ3n) is 6.01. The van der Waals surface area contributed by atoms with E-state index >= 15 is 0 Å². The van der Waals surface area contributed by atoms with E-state index in [1.807, 2.05) is 0 Å². The fourth-order valence-electron chi connectivity index (χ4n) is 5.39. The van der Waals surface area contributed by atoms with Crippen molar-refractivity contribution in [2.75, 3.05) is 0 Å². The van der Waals surface area contributed by atoms with Gasteiger partial charge in [0.1, 0.15) is 0 Å². The molecule has 5 atom stereocenters. The van der Waals surface area contributed by atoms with Crippen LogP contribution in [0.2, 0.25) is 0 Å². The van der Waals surface area contributed by atoms with Crippen LogP contribution in [0, 0.1) is 22.7 Å². The zero-order valence-corrected chi connectivity index (χ0v) is 11.4. The lowest BCUT2D eigenvalue weighted by Crippen LogP contribution is -2.58. The van der Waals surface area contributed by atoms with Crippen LogP contribution in [0.15, 0.2) is 0 Å². The Hall–Kier alpha value is -0.0800. The van der Waals surface area contributed by atoms with Gasteiger partial charge in [-0.2, -0.15) is 0 Å². The number of hydrogen-bond donors (Lipinski definition) is 2. The van der Waals surface area contributed by atoms with E-state index in [0.29, 0.717) is 11.8 Å². The summed E-state index contributed by atoms with van der Waals surface area (Å²) in [5, 5.41) is 21.5. The first-order valence-corrected chi connectivity index (χ1v) is 7.16. The lowest BCUT2D eigenvalue weighted by atomic mass is 9.49. The largest absolute Gasteiger partial charge is 0.393 e. The van der Waals surface area contributed by atoms with Crippen LogP contribution in [0.4, 0.5) is 0 Å². The molecule has 0 aromatic rings. The fourth-order valence-corrected chi connectivity index (χ4v) is 5.39. The minimum atomic E-state index is -0.481. The molecule has 0 saturated heterocycles. The van der Waals surface area contributed by atoms with Crippen LogP contribution in [0.1, 0.15) is 59.3 Å². The van der Waals surface area contributed by atoms with Crippen LogP contribution in [0.5, 0.6) is 0 Å². The minimum absolute atomic E-state index is 0.167. The Bertz CT molecular complexity index is 338. The van der Waals surface area contributed by atoms with Crippen molar-refractivity contribution < 1.29 is 10.2 Å². The van der Waals surface area contributed by atoms with E-state index in [0.717, 1.165) is 32.1 Å². The predicted molar refractivity (Wildman–Crippen MR) is 67.5 cm³/mol. The molecule has 3 fully saturated rings. The monoisotopic (exact) mass is 238 g/mol. The van der Waals surface area contributed by atoms with E-state index in [1.54, 1.807) is 0 Å². The van der Waals surface area contributed by atoms with Crippen LogP contribution < -0.4 is 0 Å². The van der Waals surface area contributed by atoms with Gasteiger partial charge in [-0.1, -0.05) is 27.2 Å². The Kier molecular flexibility index (Phi) is 2.30. The maximum absolute atomic E-state index is 11.0. The van der Waals surface area contributed by atoms with Crippen molar-refractivity contribution >= 4 is 0 Å². The Labute approximate surface area is 104 Å². The highest BCUT2D eigenvalue weighted by Crippen LogP contribution is 2.64. The molecule has 2 heteroatoms. The van der Waals surface area contributed by atoms with Crippen LogP contribution >= 0.6 is 0 Å². The molecule has 3 aliphatic carbocycles. The maximum Gasteiger partial charge on any atom is 0.0685 e. The van der Waals surface area contributed by atoms with Crippen molar-refractivity contribution in [1.82, 2.24) is 0 Å². The summed E-state index contributed by atoms with van der Waals surface area (Å²) >= 11 is 0. The highest BCUT2D eigenvalue weighted by atomic mass is 16.3. The topological polar surface area (TPSA) is 40.5 Å². The number of hydrogen-bond acceptors (Lipinski definition) is 2. The molecule has 5 unspecified atom stereocenters. The van der Waals surface area contributed by atoms with E-state index in [1.165, 1.54) is 6.42 Å². The third kappa shape index (κ3) is 1.60. The van der Waals surface area contributed by atoms with Crippen LogP contribution in [0.25, 0.3) is 0 Å². The lowest BCUT2D eigenvalue weighted by Gasteiger charge is -2.58. The lowest BCUT2D eigenvalue weighted by molar-refractivity contribution is -0.180. The number of rotatable bonds is 0. The quantitative estimate of drug-likeness (QED) is 0.681. The van der Waals surface area contributed by atoms with Crippen molar-refractivity contribution in [2.45, 2.75) is 71.0 Å². The molecule has 0 spiro atoms. The second kappa shape index (κ2) is 3.27. The Balaban J connectivity index is 1.98. The molecule has 2 N–H and O–H groups in total. The molecule has 98 valence electrons. The van der Waals surface area contributed by atoms with Gasteiger partial charge in [0, 0.05) is 0 Å². The Morgan fingerprint density at radius 3 is 2.41 bits per heavy atom. The predicted octanol–water partition coefficient (Wildman–Crippen LogP) is 2.72. The SMILES string of the molecule is CC12CCCC(O)(C1)C1CC(C)(C)C1C(O)C2. The molecule has 3 aliphatic rings. The fraction of sp³-hybridized carbons (Fsp3) is 1.00. The maximum atomic E-state index is 11.0. The van der Waals surface area contributed by atoms with E-state index < -0.39 is 5.60 Å². The number of aliphatic hydroxyl groups is 2. The molecule has 0 aromatic carbocycles. The molecule has 3 saturated carbocycles. The summed E-state index contributed by atoms with van der Waals surface area (Å²) in [6.45, 7) is 6.76. The van der Waals surface area contributed by atoms with E-state index in [9.17, 15) is 10.2 Å². The molecule has 0 amide bonds. The van der Waals surface area contributed by atoms with Gasteiger partial charge in [0.15, 0.2) is 0 Å². The average molecular weight is 238 g/mol. The van der Waals surface area contributed by atoms with E-state index in [-0.39, 0.29) is 16.9 Å². The summed E-state index contributed by atoms with van der Waals surface area (Å²) in [5.74, 6) is 0.655. The van der Waals surface area contributed by atoms with Crippen molar-refractivity contribution in [3.63, 3.8) is 0 Å². The number of fused-ring (bicyclic) bond motifs is 4. The number of aliphatic hydroxyl groups excluding tert-OH is 1. The zero-order chi connectivity index (χ0) is 12.5. The van der Waals surface area contributed by atoms with Gasteiger partial charge in [0.25, 0.3) is 0 Å². The molecule has 0 radical (unpaired) electrons. The molecule has 2 nitrogen and oxygen atoms in total. The molecule has 17 heavy (non-hydrogen) atoms. The third-order valence-corrected chi connectivity index (χ3v) is 6.01. The Morgan fingerprint density at radius 2 is 1.76 bits per heavy atom. The van der Waals surface area contributed by atoms with Crippen LogP contribution in [-0.4, -0.2) is 21.9 Å². The average Bonchev–Trinajstić information content (AvgIpc) is 2.16. The van der Waals surface area contributed by atoms with Gasteiger partial charge < -0.3 is 10.2 Å². The molecule has 2 bridgehead atoms. The van der Waals surface area contributed by atoms with Gasteiger partial charge in [-0.05, 0) is 54.8 Å². The van der Waals surface area contributed by atoms with Crippen molar-refractivity contribution in [3.05, 3.63) is 0 Å². The van der Waals surface area contributed by atoms with Gasteiger partial charge in [-0.3, -0.25) is 0 Å². The first-order chi connectivity index (χ1) is 7.76. The smallest absolute Gasteiger partial charge is 0.0685 e. The Morgan fingerprint density at radius 1 is 1.06 bits per heavy atom. The van der Waals surface area contributed by atoms with Crippen molar-refractivity contribution in [2.24, 2.45) is 22.7 Å². The summed E-state index contributed by atoms with van der Waals surface area (Å²) in [5.41, 5.74) is -0.0991. The first-order valence-electron chi connectivity index (χ1n) is 7.16. The summed E-state index contributed by atoms with van der Waals surface area (Å²) in [6, 6.07) is 0. The molecule has 3 rings (SSSR count). The van der Waals surface area contributed by atoms with Crippen molar-refractivity contribution in [1.29, 1.82) is 0 Å². The van der Waals surface area contributed by atoms with E-state index in [2.05, 4.69) is 20.8 Å². The molecular weight excluding hydrogens is 212 g/mol. The molecule has 0 heterocycles. The van der Waals surface area contributed by atoms with Gasteiger partial charge >= 0.3 is 0 Å². The molecule has 0 aliphatic heterocycles. The summed E-state index contributed by atoms with van der Waals surface area (Å²) in [4.78, 5) is 0. The van der Waals surface area contributed by atoms with Gasteiger partial charge in [0.2, 0.25) is 0 Å². The van der Waals surface area contributed by atoms with Gasteiger partial charge in [-0.25, -0.2) is 0 Å². The van der Waals surface area contributed by atoms with Gasteiger partial charge in [-0.15, -0.1) is 0 Å². The standard InChI is InChI=1S/C15H26O2/c1-13(2)7-10-12(13)11(16)8-14(3)5-4-6-15(10,17)9-14/h10-12,16-17H,4-9H2,1-3H3. The summed E-state index contributed by atoms with van der Waals surface area (Å²) in [6.07, 6.45) is 5.93. The highest BCUT2D eigenvalue weighted by molar-refractivity contribution is 5.12. The summed E-state index contributed by atoms with van der Waals surface area (Å²) in [7, 11) is 0. The van der Waals surface area contributed by atoms with Crippen LogP contribution in [-0.2, 0) is 0 Å². The highest BCUT2D eigenvalue weighted by Gasteiger charge is 2.62. The van der Waals surface area contributed by atoms with Crippen molar-refractivity contribution in [3.8, 4) is 0 Å². The summed E-state index contributed by atoms with van der Waals surface area (Å²) < 4.78 is 0. The second-order valence-electron chi connectivity index (χ2n) is 8.04. The molecule has 0 aromatic heterocycles. The van der Waals surface area contributed by atoms with E-state index in [4.69, 9.17) is 0 Å². The normalized spacial score (nSPS) is 56.6. The first kappa shape index (κ1) is 12.0. The zero-order valence-electron chi connectivity index (χ0n) is 11.4. The van der Waals surface area contributed by atoms with Gasteiger partial charge in [0.05, 0.1) is 11.7 Å². The molecular formula is C15H26O2. The van der Waals surface area contributed by atoms with Crippen LogP contribution in [0.3, 0.4) is 0 Å². The second-order valence-corrected chi connectivity index (χ2v) is 8.04. The minimum Gasteiger partial charge on any atom is -0.393 e.